The van der Waals surface area contributed by atoms with Gasteiger partial charge in [0.1, 0.15) is 11.9 Å². The Morgan fingerprint density at radius 3 is 3.05 bits per heavy atom. The molecule has 1 aromatic carbocycles. The van der Waals surface area contributed by atoms with E-state index in [1.807, 2.05) is 18.2 Å². The minimum Gasteiger partial charge on any atom is -0.487 e. The van der Waals surface area contributed by atoms with Gasteiger partial charge in [-0.05, 0) is 57.0 Å². The number of nitrogens with zero attached hydrogens (tertiary/aromatic N) is 1. The monoisotopic (exact) mass is 316 g/mol. The summed E-state index contributed by atoms with van der Waals surface area (Å²) in [5, 5.41) is 4.27. The van der Waals surface area contributed by atoms with Crippen molar-refractivity contribution in [3.8, 4) is 5.75 Å². The van der Waals surface area contributed by atoms with E-state index in [1.54, 1.807) is 0 Å². The number of fused-ring (bicyclic) bond motifs is 1. The van der Waals surface area contributed by atoms with E-state index in [4.69, 9.17) is 16.3 Å². The average Bonchev–Trinajstić information content (AvgIpc) is 2.41. The van der Waals surface area contributed by atoms with Crippen LogP contribution in [0, 0.1) is 5.92 Å². The molecule has 0 amide bonds. The van der Waals surface area contributed by atoms with Crippen LogP contribution in [0.4, 0.5) is 5.69 Å². The quantitative estimate of drug-likeness (QED) is 0.905. The first-order valence-corrected chi connectivity index (χ1v) is 7.52. The number of nitrogens with one attached hydrogen (secondary N) is 1. The highest BCUT2D eigenvalue weighted by atomic mass is 35.5. The molecule has 3 nitrogen and oxygen atoms in total. The molecule has 2 unspecified atom stereocenters. The Kier molecular flexibility index (Phi) is 5.42. The summed E-state index contributed by atoms with van der Waals surface area (Å²) in [6.07, 6.45) is 2.84. The second-order valence-electron chi connectivity index (χ2n) is 5.66. The van der Waals surface area contributed by atoms with E-state index < -0.39 is 0 Å². The Morgan fingerprint density at radius 1 is 1.45 bits per heavy atom. The summed E-state index contributed by atoms with van der Waals surface area (Å²) in [6.45, 7) is 6.46. The lowest BCUT2D eigenvalue weighted by molar-refractivity contribution is 0.208. The molecule has 0 spiro atoms. The molecule has 0 aliphatic carbocycles. The van der Waals surface area contributed by atoms with Gasteiger partial charge in [0.2, 0.25) is 0 Å². The van der Waals surface area contributed by atoms with Gasteiger partial charge in [0.25, 0.3) is 0 Å². The van der Waals surface area contributed by atoms with E-state index in [9.17, 15) is 0 Å². The van der Waals surface area contributed by atoms with Gasteiger partial charge in [0.05, 0.1) is 12.2 Å². The molecule has 0 radical (unpaired) electrons. The largest absolute Gasteiger partial charge is 0.487 e. The Hall–Kier alpha value is -0.640. The van der Waals surface area contributed by atoms with Crippen LogP contribution >= 0.6 is 24.0 Å². The molecule has 0 aromatic heterocycles. The van der Waals surface area contributed by atoms with E-state index in [0.717, 1.165) is 42.0 Å². The maximum absolute atomic E-state index is 6.13. The third kappa shape index (κ3) is 3.51. The summed E-state index contributed by atoms with van der Waals surface area (Å²) in [5.74, 6) is 1.69. The molecule has 1 N–H and O–H groups in total. The van der Waals surface area contributed by atoms with Crippen LogP contribution in [0.25, 0.3) is 0 Å². The Morgan fingerprint density at radius 2 is 2.30 bits per heavy atom. The third-order valence-electron chi connectivity index (χ3n) is 3.94. The molecular weight excluding hydrogens is 295 g/mol. The van der Waals surface area contributed by atoms with E-state index in [1.165, 1.54) is 19.4 Å². The lowest BCUT2D eigenvalue weighted by Gasteiger charge is -2.38. The van der Waals surface area contributed by atoms with Crippen molar-refractivity contribution < 1.29 is 4.74 Å². The summed E-state index contributed by atoms with van der Waals surface area (Å²) in [7, 11) is 0. The van der Waals surface area contributed by atoms with Crippen LogP contribution in [0.1, 0.15) is 19.8 Å². The van der Waals surface area contributed by atoms with Crippen molar-refractivity contribution in [2.24, 2.45) is 5.92 Å². The van der Waals surface area contributed by atoms with Gasteiger partial charge < -0.3 is 15.0 Å². The summed E-state index contributed by atoms with van der Waals surface area (Å²) in [6, 6.07) is 5.91. The second kappa shape index (κ2) is 6.88. The number of piperidine rings is 1. The van der Waals surface area contributed by atoms with Gasteiger partial charge >= 0.3 is 0 Å². The molecule has 2 atom stereocenters. The number of hydrogen-bond donors (Lipinski definition) is 1. The maximum Gasteiger partial charge on any atom is 0.143 e. The molecule has 1 aromatic rings. The molecule has 3 rings (SSSR count). The van der Waals surface area contributed by atoms with E-state index in [0.29, 0.717) is 0 Å². The molecular formula is C15H22Cl2N2O. The van der Waals surface area contributed by atoms with Crippen LogP contribution in [0.15, 0.2) is 18.2 Å². The van der Waals surface area contributed by atoms with Gasteiger partial charge in [0, 0.05) is 11.6 Å². The fraction of sp³-hybridized carbons (Fsp3) is 0.600. The van der Waals surface area contributed by atoms with Gasteiger partial charge in [-0.25, -0.2) is 0 Å². The van der Waals surface area contributed by atoms with E-state index in [-0.39, 0.29) is 18.5 Å². The van der Waals surface area contributed by atoms with Gasteiger partial charge in [-0.3, -0.25) is 0 Å². The third-order valence-corrected chi connectivity index (χ3v) is 4.18. The predicted octanol–water partition coefficient (Wildman–Crippen LogP) is 3.35. The zero-order valence-electron chi connectivity index (χ0n) is 11.8. The molecule has 1 saturated heterocycles. The first-order chi connectivity index (χ1) is 9.22. The topological polar surface area (TPSA) is 24.5 Å². The highest BCUT2D eigenvalue weighted by Gasteiger charge is 2.26. The fourth-order valence-corrected chi connectivity index (χ4v) is 3.23. The zero-order valence-corrected chi connectivity index (χ0v) is 13.3. The zero-order chi connectivity index (χ0) is 13.2. The molecule has 0 saturated carbocycles. The van der Waals surface area contributed by atoms with Crippen LogP contribution < -0.4 is 15.0 Å². The maximum atomic E-state index is 6.13. The smallest absolute Gasteiger partial charge is 0.143 e. The van der Waals surface area contributed by atoms with Crippen molar-refractivity contribution in [3.05, 3.63) is 23.2 Å². The van der Waals surface area contributed by atoms with Crippen molar-refractivity contribution in [2.45, 2.75) is 25.9 Å². The highest BCUT2D eigenvalue weighted by Crippen LogP contribution is 2.36. The van der Waals surface area contributed by atoms with E-state index >= 15 is 0 Å². The number of anilines is 1. The first-order valence-electron chi connectivity index (χ1n) is 7.14. The summed E-state index contributed by atoms with van der Waals surface area (Å²) in [4.78, 5) is 2.44. The Bertz CT molecular complexity index is 449. The second-order valence-corrected chi connectivity index (χ2v) is 6.09. The number of rotatable bonds is 2. The Labute approximate surface area is 132 Å². The van der Waals surface area contributed by atoms with Gasteiger partial charge in [0.15, 0.2) is 0 Å². The normalized spacial score (nSPS) is 25.4. The van der Waals surface area contributed by atoms with Gasteiger partial charge in [-0.15, -0.1) is 12.4 Å². The SMILES string of the molecule is CC1CN(CC2CCCNC2)c2cc(Cl)ccc2O1.Cl. The van der Waals surface area contributed by atoms with Crippen molar-refractivity contribution in [1.82, 2.24) is 5.32 Å². The molecule has 0 bridgehead atoms. The number of ether oxygens (including phenoxy) is 1. The van der Waals surface area contributed by atoms with Crippen molar-refractivity contribution in [1.29, 1.82) is 0 Å². The molecule has 2 aliphatic heterocycles. The number of hydrogen-bond acceptors (Lipinski definition) is 3. The lowest BCUT2D eigenvalue weighted by Crippen LogP contribution is -2.44. The Balaban J connectivity index is 0.00000147. The molecule has 2 heterocycles. The minimum atomic E-state index is 0. The molecule has 5 heteroatoms. The van der Waals surface area contributed by atoms with Crippen LogP contribution in [-0.2, 0) is 0 Å². The van der Waals surface area contributed by atoms with Gasteiger partial charge in [-0.2, -0.15) is 0 Å². The molecule has 20 heavy (non-hydrogen) atoms. The molecule has 112 valence electrons. The first kappa shape index (κ1) is 15.7. The summed E-state index contributed by atoms with van der Waals surface area (Å²) in [5.41, 5.74) is 1.15. The standard InChI is InChI=1S/C15H21ClN2O.ClH/c1-11-9-18(10-12-3-2-6-17-8-12)14-7-13(16)4-5-15(14)19-11;/h4-5,7,11-12,17H,2-3,6,8-10H2,1H3;1H. The molecule has 2 aliphatic rings. The van der Waals surface area contributed by atoms with Crippen LogP contribution in [0.5, 0.6) is 5.75 Å². The highest BCUT2D eigenvalue weighted by molar-refractivity contribution is 6.30. The predicted molar refractivity (Wildman–Crippen MR) is 86.6 cm³/mol. The summed E-state index contributed by atoms with van der Waals surface area (Å²) >= 11 is 6.13. The van der Waals surface area contributed by atoms with Crippen molar-refractivity contribution in [2.75, 3.05) is 31.1 Å². The lowest BCUT2D eigenvalue weighted by atomic mass is 9.98. The van der Waals surface area contributed by atoms with Crippen LogP contribution in [0.2, 0.25) is 5.02 Å². The number of benzene rings is 1. The molecule has 1 fully saturated rings. The average molecular weight is 317 g/mol. The summed E-state index contributed by atoms with van der Waals surface area (Å²) < 4.78 is 5.89. The van der Waals surface area contributed by atoms with Crippen LogP contribution in [0.3, 0.4) is 0 Å². The van der Waals surface area contributed by atoms with Crippen LogP contribution in [-0.4, -0.2) is 32.3 Å². The van der Waals surface area contributed by atoms with Crippen molar-refractivity contribution >= 4 is 29.7 Å². The van der Waals surface area contributed by atoms with E-state index in [2.05, 4.69) is 17.1 Å². The van der Waals surface area contributed by atoms with Gasteiger partial charge in [-0.1, -0.05) is 11.6 Å². The van der Waals surface area contributed by atoms with Crippen molar-refractivity contribution in [3.63, 3.8) is 0 Å². The fourth-order valence-electron chi connectivity index (χ4n) is 3.06. The minimum absolute atomic E-state index is 0. The number of halogens is 2.